The first-order valence-electron chi connectivity index (χ1n) is 5.40. The predicted octanol–water partition coefficient (Wildman–Crippen LogP) is 1.43. The van der Waals surface area contributed by atoms with E-state index < -0.39 is 11.9 Å². The molecule has 1 aromatic carbocycles. The van der Waals surface area contributed by atoms with Crippen LogP contribution < -0.4 is 4.74 Å². The highest BCUT2D eigenvalue weighted by Crippen LogP contribution is 2.25. The second-order valence-corrected chi connectivity index (χ2v) is 4.76. The minimum Gasteiger partial charge on any atom is -0.496 e. The zero-order valence-electron chi connectivity index (χ0n) is 10.3. The summed E-state index contributed by atoms with van der Waals surface area (Å²) in [6.45, 7) is -0.410. The summed E-state index contributed by atoms with van der Waals surface area (Å²) in [6, 6.07) is 5.27. The number of carboxylic acid groups (broad SMARTS) is 2. The Morgan fingerprint density at radius 3 is 2.26 bits per heavy atom. The van der Waals surface area contributed by atoms with Crippen LogP contribution in [0.15, 0.2) is 22.7 Å². The van der Waals surface area contributed by atoms with E-state index in [0.29, 0.717) is 5.75 Å². The molecule has 0 radical (unpaired) electrons. The highest BCUT2D eigenvalue weighted by molar-refractivity contribution is 9.10. The van der Waals surface area contributed by atoms with Crippen molar-refractivity contribution in [1.29, 1.82) is 0 Å². The Balaban J connectivity index is 2.80. The smallest absolute Gasteiger partial charge is 0.317 e. The summed E-state index contributed by atoms with van der Waals surface area (Å²) in [5.74, 6) is -1.46. The van der Waals surface area contributed by atoms with Gasteiger partial charge in [0.2, 0.25) is 0 Å². The minimum absolute atomic E-state index is 0.237. The van der Waals surface area contributed by atoms with Crippen LogP contribution in [0.3, 0.4) is 0 Å². The molecule has 0 spiro atoms. The van der Waals surface area contributed by atoms with Crippen LogP contribution >= 0.6 is 15.9 Å². The first-order valence-corrected chi connectivity index (χ1v) is 6.20. The van der Waals surface area contributed by atoms with Gasteiger partial charge in [0.25, 0.3) is 0 Å². The van der Waals surface area contributed by atoms with Crippen molar-refractivity contribution in [2.45, 2.75) is 6.54 Å². The van der Waals surface area contributed by atoms with E-state index in [1.807, 2.05) is 0 Å². The number of hydrogen-bond donors (Lipinski definition) is 2. The van der Waals surface area contributed by atoms with Gasteiger partial charge in [0, 0.05) is 6.54 Å². The van der Waals surface area contributed by atoms with Gasteiger partial charge in [-0.3, -0.25) is 14.5 Å². The molecular weight excluding hydrogens is 318 g/mol. The molecule has 0 heterocycles. The SMILES string of the molecule is COc1ccc(CN(CC(=O)O)CC(=O)O)cc1Br. The highest BCUT2D eigenvalue weighted by Gasteiger charge is 2.14. The quantitative estimate of drug-likeness (QED) is 0.785. The van der Waals surface area contributed by atoms with Crippen LogP contribution in [-0.4, -0.2) is 47.3 Å². The lowest BCUT2D eigenvalue weighted by molar-refractivity contribution is -0.142. The van der Waals surface area contributed by atoms with Gasteiger partial charge in [0.05, 0.1) is 24.7 Å². The van der Waals surface area contributed by atoms with E-state index in [9.17, 15) is 9.59 Å². The topological polar surface area (TPSA) is 87.1 Å². The summed E-state index contributed by atoms with van der Waals surface area (Å²) in [5, 5.41) is 17.5. The first kappa shape index (κ1) is 15.5. The highest BCUT2D eigenvalue weighted by atomic mass is 79.9. The van der Waals surface area contributed by atoms with Gasteiger partial charge in [-0.1, -0.05) is 6.07 Å². The number of nitrogens with zero attached hydrogens (tertiary/aromatic N) is 1. The molecule has 6 nitrogen and oxygen atoms in total. The van der Waals surface area contributed by atoms with Crippen LogP contribution in [0.5, 0.6) is 5.75 Å². The number of aliphatic carboxylic acids is 2. The van der Waals surface area contributed by atoms with E-state index in [0.717, 1.165) is 10.0 Å². The lowest BCUT2D eigenvalue weighted by atomic mass is 10.2. The molecule has 19 heavy (non-hydrogen) atoms. The monoisotopic (exact) mass is 331 g/mol. The van der Waals surface area contributed by atoms with Crippen LogP contribution in [0.25, 0.3) is 0 Å². The Bertz CT molecular complexity index is 461. The van der Waals surface area contributed by atoms with Crippen LogP contribution in [0.1, 0.15) is 5.56 Å². The molecule has 0 unspecified atom stereocenters. The van der Waals surface area contributed by atoms with Gasteiger partial charge in [0.1, 0.15) is 5.75 Å². The Morgan fingerprint density at radius 1 is 1.26 bits per heavy atom. The number of halogens is 1. The summed E-state index contributed by atoms with van der Waals surface area (Å²) >= 11 is 3.32. The van der Waals surface area contributed by atoms with E-state index in [1.165, 1.54) is 4.90 Å². The van der Waals surface area contributed by atoms with Gasteiger partial charge in [0.15, 0.2) is 0 Å². The summed E-state index contributed by atoms with van der Waals surface area (Å²) in [6.07, 6.45) is 0. The summed E-state index contributed by atoms with van der Waals surface area (Å²) in [5.41, 5.74) is 0.801. The largest absolute Gasteiger partial charge is 0.496 e. The third-order valence-corrected chi connectivity index (χ3v) is 2.96. The molecule has 0 aliphatic rings. The Kier molecular flexibility index (Phi) is 5.78. The third-order valence-electron chi connectivity index (χ3n) is 2.34. The van der Waals surface area contributed by atoms with Crippen molar-refractivity contribution < 1.29 is 24.5 Å². The zero-order valence-corrected chi connectivity index (χ0v) is 11.9. The van der Waals surface area contributed by atoms with Crippen LogP contribution in [0, 0.1) is 0 Å². The lowest BCUT2D eigenvalue weighted by Gasteiger charge is -2.18. The molecule has 0 aromatic heterocycles. The van der Waals surface area contributed by atoms with Crippen molar-refractivity contribution in [3.05, 3.63) is 28.2 Å². The van der Waals surface area contributed by atoms with E-state index in [1.54, 1.807) is 25.3 Å². The van der Waals surface area contributed by atoms with Crippen molar-refractivity contribution >= 4 is 27.9 Å². The molecule has 0 aliphatic heterocycles. The standard InChI is InChI=1S/C12H14BrNO5/c1-19-10-3-2-8(4-9(10)13)5-14(6-11(15)16)7-12(17)18/h2-4H,5-7H2,1H3,(H,15,16)(H,17,18). The second-order valence-electron chi connectivity index (χ2n) is 3.90. The molecule has 0 fully saturated rings. The molecule has 104 valence electrons. The minimum atomic E-state index is -1.06. The van der Waals surface area contributed by atoms with Crippen molar-refractivity contribution in [1.82, 2.24) is 4.90 Å². The summed E-state index contributed by atoms with van der Waals surface area (Å²) in [7, 11) is 1.54. The van der Waals surface area contributed by atoms with E-state index >= 15 is 0 Å². The predicted molar refractivity (Wildman–Crippen MR) is 71.2 cm³/mol. The molecule has 0 bridgehead atoms. The Morgan fingerprint density at radius 2 is 1.84 bits per heavy atom. The molecule has 1 rings (SSSR count). The normalized spacial score (nSPS) is 10.5. The molecule has 0 amide bonds. The van der Waals surface area contributed by atoms with Gasteiger partial charge in [-0.2, -0.15) is 0 Å². The molecule has 0 saturated carbocycles. The number of ether oxygens (including phenoxy) is 1. The van der Waals surface area contributed by atoms with E-state index in [2.05, 4.69) is 15.9 Å². The average Bonchev–Trinajstić information content (AvgIpc) is 2.27. The van der Waals surface area contributed by atoms with Crippen LogP contribution in [0.2, 0.25) is 0 Å². The molecular formula is C12H14BrNO5. The van der Waals surface area contributed by atoms with Crippen molar-refractivity contribution in [2.75, 3.05) is 20.2 Å². The molecule has 0 atom stereocenters. The third kappa shape index (κ3) is 5.27. The molecule has 0 aliphatic carbocycles. The van der Waals surface area contributed by atoms with Gasteiger partial charge in [-0.15, -0.1) is 0 Å². The van der Waals surface area contributed by atoms with Gasteiger partial charge in [-0.25, -0.2) is 0 Å². The fourth-order valence-corrected chi connectivity index (χ4v) is 2.20. The van der Waals surface area contributed by atoms with Gasteiger partial charge >= 0.3 is 11.9 Å². The number of methoxy groups -OCH3 is 1. The molecule has 0 saturated heterocycles. The number of carbonyl (C=O) groups is 2. The molecule has 1 aromatic rings. The fourth-order valence-electron chi connectivity index (χ4n) is 1.62. The van der Waals surface area contributed by atoms with Gasteiger partial charge in [-0.05, 0) is 33.6 Å². The van der Waals surface area contributed by atoms with Crippen molar-refractivity contribution in [3.8, 4) is 5.75 Å². The second kappa shape index (κ2) is 7.10. The maximum atomic E-state index is 10.7. The van der Waals surface area contributed by atoms with Crippen molar-refractivity contribution in [2.24, 2.45) is 0 Å². The van der Waals surface area contributed by atoms with Gasteiger partial charge < -0.3 is 14.9 Å². The lowest BCUT2D eigenvalue weighted by Crippen LogP contribution is -2.33. The maximum Gasteiger partial charge on any atom is 0.317 e. The number of hydrogen-bond acceptors (Lipinski definition) is 4. The van der Waals surface area contributed by atoms with Crippen LogP contribution in [0.4, 0.5) is 0 Å². The number of benzene rings is 1. The Hall–Kier alpha value is -1.60. The fraction of sp³-hybridized carbons (Fsp3) is 0.333. The van der Waals surface area contributed by atoms with E-state index in [4.69, 9.17) is 14.9 Å². The molecule has 2 N–H and O–H groups in total. The average molecular weight is 332 g/mol. The number of rotatable bonds is 7. The maximum absolute atomic E-state index is 10.7. The summed E-state index contributed by atoms with van der Waals surface area (Å²) < 4.78 is 5.82. The zero-order chi connectivity index (χ0) is 14.4. The van der Waals surface area contributed by atoms with Crippen molar-refractivity contribution in [3.63, 3.8) is 0 Å². The summed E-state index contributed by atoms with van der Waals surface area (Å²) in [4.78, 5) is 22.7. The number of carboxylic acids is 2. The van der Waals surface area contributed by atoms with E-state index in [-0.39, 0.29) is 19.6 Å². The Labute approximate surface area is 118 Å². The van der Waals surface area contributed by atoms with Crippen LogP contribution in [-0.2, 0) is 16.1 Å². The molecule has 7 heteroatoms. The first-order chi connectivity index (χ1) is 8.92.